The number of anilines is 1. The van der Waals surface area contributed by atoms with E-state index in [2.05, 4.69) is 43.4 Å². The number of nitrogens with one attached hydrogen (secondary N) is 1. The largest absolute Gasteiger partial charge is 0.345 e. The molecule has 0 aromatic heterocycles. The number of hydrogen-bond acceptors (Lipinski definition) is 2. The fraction of sp³-hybridized carbons (Fsp3) is 0.364. The summed E-state index contributed by atoms with van der Waals surface area (Å²) < 4.78 is 0. The first-order valence-electron chi connectivity index (χ1n) is 9.36. The van der Waals surface area contributed by atoms with Gasteiger partial charge in [0.15, 0.2) is 0 Å². The summed E-state index contributed by atoms with van der Waals surface area (Å²) in [7, 11) is 0. The Kier molecular flexibility index (Phi) is 5.71. The van der Waals surface area contributed by atoms with Crippen molar-refractivity contribution >= 4 is 17.5 Å². The third-order valence-corrected chi connectivity index (χ3v) is 4.96. The average molecular weight is 350 g/mol. The van der Waals surface area contributed by atoms with Gasteiger partial charge in [-0.2, -0.15) is 0 Å². The van der Waals surface area contributed by atoms with Crippen molar-refractivity contribution in [3.8, 4) is 0 Å². The molecule has 26 heavy (non-hydrogen) atoms. The second-order valence-corrected chi connectivity index (χ2v) is 6.89. The molecule has 2 aromatic carbocycles. The number of carbonyl (C=O) groups is 2. The normalized spacial score (nSPS) is 15.6. The van der Waals surface area contributed by atoms with Gasteiger partial charge in [0, 0.05) is 24.2 Å². The minimum absolute atomic E-state index is 0.00792. The predicted octanol–water partition coefficient (Wildman–Crippen LogP) is 4.39. The quantitative estimate of drug-likeness (QED) is 0.869. The molecule has 1 aliphatic rings. The lowest BCUT2D eigenvalue weighted by molar-refractivity contribution is -0.119. The van der Waals surface area contributed by atoms with Gasteiger partial charge in [-0.25, -0.2) is 0 Å². The summed E-state index contributed by atoms with van der Waals surface area (Å²) >= 11 is 0. The van der Waals surface area contributed by atoms with E-state index >= 15 is 0 Å². The van der Waals surface area contributed by atoms with Crippen LogP contribution < -0.4 is 10.2 Å². The van der Waals surface area contributed by atoms with E-state index in [-0.39, 0.29) is 17.9 Å². The van der Waals surface area contributed by atoms with Crippen molar-refractivity contribution in [3.63, 3.8) is 0 Å². The number of hydrogen-bond donors (Lipinski definition) is 1. The molecule has 2 aromatic rings. The summed E-state index contributed by atoms with van der Waals surface area (Å²) in [6, 6.07) is 15.6. The number of carbonyl (C=O) groups excluding carboxylic acids is 2. The molecule has 4 heteroatoms. The van der Waals surface area contributed by atoms with E-state index in [1.807, 2.05) is 17.0 Å². The summed E-state index contributed by atoms with van der Waals surface area (Å²) in [5.74, 6) is 0.0767. The molecule has 0 aliphatic carbocycles. The molecule has 1 saturated heterocycles. The van der Waals surface area contributed by atoms with Crippen molar-refractivity contribution < 1.29 is 9.59 Å². The smallest absolute Gasteiger partial charge is 0.251 e. The lowest BCUT2D eigenvalue weighted by Gasteiger charge is -2.27. The van der Waals surface area contributed by atoms with E-state index in [0.717, 1.165) is 37.1 Å². The average Bonchev–Trinajstić information content (AvgIpc) is 2.67. The van der Waals surface area contributed by atoms with Gasteiger partial charge in [0.25, 0.3) is 5.91 Å². The Labute approximate surface area is 155 Å². The highest BCUT2D eigenvalue weighted by molar-refractivity contribution is 5.97. The molecule has 2 amide bonds. The zero-order chi connectivity index (χ0) is 18.5. The van der Waals surface area contributed by atoms with Gasteiger partial charge in [0.1, 0.15) is 0 Å². The standard InChI is InChI=1S/C22H26N2O2/c1-3-20(17-9-7-16(2)8-10-17)23-22(26)18-11-13-19(14-12-18)24-15-5-4-6-21(24)25/h7-14,20H,3-6,15H2,1-2H3,(H,23,26)/t20-/m1/s1. The van der Waals surface area contributed by atoms with Crippen LogP contribution >= 0.6 is 0 Å². The first-order chi connectivity index (χ1) is 12.6. The molecule has 136 valence electrons. The molecule has 0 saturated carbocycles. The Morgan fingerprint density at radius 1 is 1.08 bits per heavy atom. The van der Waals surface area contributed by atoms with Gasteiger partial charge in [0.2, 0.25) is 5.91 Å². The van der Waals surface area contributed by atoms with E-state index in [9.17, 15) is 9.59 Å². The Hall–Kier alpha value is -2.62. The van der Waals surface area contributed by atoms with Crippen LogP contribution in [0.25, 0.3) is 0 Å². The molecule has 0 radical (unpaired) electrons. The molecule has 1 heterocycles. The molecule has 0 spiro atoms. The molecule has 3 rings (SSSR count). The van der Waals surface area contributed by atoms with E-state index in [1.54, 1.807) is 12.1 Å². The van der Waals surface area contributed by atoms with Crippen molar-refractivity contribution in [2.45, 2.75) is 45.6 Å². The van der Waals surface area contributed by atoms with Gasteiger partial charge in [-0.15, -0.1) is 0 Å². The topological polar surface area (TPSA) is 49.4 Å². The molecular formula is C22H26N2O2. The Bertz CT molecular complexity index is 766. The van der Waals surface area contributed by atoms with Crippen LogP contribution in [0, 0.1) is 6.92 Å². The fourth-order valence-corrected chi connectivity index (χ4v) is 3.33. The number of amides is 2. The summed E-state index contributed by atoms with van der Waals surface area (Å²) in [6.45, 7) is 4.88. The van der Waals surface area contributed by atoms with Gasteiger partial charge >= 0.3 is 0 Å². The summed E-state index contributed by atoms with van der Waals surface area (Å²) in [5.41, 5.74) is 3.81. The predicted molar refractivity (Wildman–Crippen MR) is 104 cm³/mol. The monoisotopic (exact) mass is 350 g/mol. The highest BCUT2D eigenvalue weighted by Crippen LogP contribution is 2.22. The van der Waals surface area contributed by atoms with E-state index in [1.165, 1.54) is 5.56 Å². The summed E-state index contributed by atoms with van der Waals surface area (Å²) in [6.07, 6.45) is 3.43. The number of aryl methyl sites for hydroxylation is 1. The Morgan fingerprint density at radius 3 is 2.38 bits per heavy atom. The van der Waals surface area contributed by atoms with Gasteiger partial charge in [-0.3, -0.25) is 9.59 Å². The van der Waals surface area contributed by atoms with Crippen molar-refractivity contribution in [2.24, 2.45) is 0 Å². The van der Waals surface area contributed by atoms with E-state index < -0.39 is 0 Å². The van der Waals surface area contributed by atoms with Gasteiger partial charge < -0.3 is 10.2 Å². The lowest BCUT2D eigenvalue weighted by atomic mass is 10.0. The van der Waals surface area contributed by atoms with Crippen LogP contribution in [-0.2, 0) is 4.79 Å². The first kappa shape index (κ1) is 18.2. The Morgan fingerprint density at radius 2 is 1.77 bits per heavy atom. The van der Waals surface area contributed by atoms with Crippen molar-refractivity contribution in [1.82, 2.24) is 5.32 Å². The molecule has 0 unspecified atom stereocenters. The highest BCUT2D eigenvalue weighted by Gasteiger charge is 2.20. The van der Waals surface area contributed by atoms with Crippen LogP contribution in [0.1, 0.15) is 60.1 Å². The zero-order valence-corrected chi connectivity index (χ0v) is 15.5. The molecule has 4 nitrogen and oxygen atoms in total. The van der Waals surface area contributed by atoms with Crippen LogP contribution in [0.2, 0.25) is 0 Å². The van der Waals surface area contributed by atoms with Gasteiger partial charge in [-0.05, 0) is 56.0 Å². The third-order valence-electron chi connectivity index (χ3n) is 4.96. The summed E-state index contributed by atoms with van der Waals surface area (Å²) in [4.78, 5) is 26.5. The van der Waals surface area contributed by atoms with Crippen LogP contribution in [0.3, 0.4) is 0 Å². The maximum Gasteiger partial charge on any atom is 0.251 e. The van der Waals surface area contributed by atoms with Gasteiger partial charge in [-0.1, -0.05) is 36.8 Å². The van der Waals surface area contributed by atoms with Crippen molar-refractivity contribution in [2.75, 3.05) is 11.4 Å². The molecule has 0 bridgehead atoms. The second-order valence-electron chi connectivity index (χ2n) is 6.89. The molecule has 1 atom stereocenters. The third kappa shape index (κ3) is 4.13. The maximum atomic E-state index is 12.6. The van der Waals surface area contributed by atoms with E-state index in [0.29, 0.717) is 12.0 Å². The number of benzene rings is 2. The number of nitrogens with zero attached hydrogens (tertiary/aromatic N) is 1. The van der Waals surface area contributed by atoms with Crippen LogP contribution in [0.5, 0.6) is 0 Å². The second kappa shape index (κ2) is 8.17. The van der Waals surface area contributed by atoms with E-state index in [4.69, 9.17) is 0 Å². The van der Waals surface area contributed by atoms with Crippen molar-refractivity contribution in [3.05, 3.63) is 65.2 Å². The number of rotatable bonds is 5. The summed E-state index contributed by atoms with van der Waals surface area (Å²) in [5, 5.41) is 3.11. The SMILES string of the molecule is CC[C@@H](NC(=O)c1ccc(N2CCCCC2=O)cc1)c1ccc(C)cc1. The Balaban J connectivity index is 1.69. The highest BCUT2D eigenvalue weighted by atomic mass is 16.2. The molecular weight excluding hydrogens is 324 g/mol. The molecule has 1 aliphatic heterocycles. The maximum absolute atomic E-state index is 12.6. The van der Waals surface area contributed by atoms with Crippen LogP contribution in [0.4, 0.5) is 5.69 Å². The first-order valence-corrected chi connectivity index (χ1v) is 9.36. The lowest BCUT2D eigenvalue weighted by Crippen LogP contribution is -2.35. The minimum atomic E-state index is -0.0889. The fourth-order valence-electron chi connectivity index (χ4n) is 3.33. The molecule has 1 fully saturated rings. The van der Waals surface area contributed by atoms with Crippen molar-refractivity contribution in [1.29, 1.82) is 0 Å². The number of piperidine rings is 1. The van der Waals surface area contributed by atoms with Crippen LogP contribution in [-0.4, -0.2) is 18.4 Å². The zero-order valence-electron chi connectivity index (χ0n) is 15.5. The van der Waals surface area contributed by atoms with Gasteiger partial charge in [0.05, 0.1) is 6.04 Å². The minimum Gasteiger partial charge on any atom is -0.345 e. The van der Waals surface area contributed by atoms with Crippen LogP contribution in [0.15, 0.2) is 48.5 Å². The molecule has 1 N–H and O–H groups in total.